The minimum atomic E-state index is -0.746. The third-order valence-corrected chi connectivity index (χ3v) is 6.16. The fraction of sp³-hybridized carbons (Fsp3) is 0.500. The van der Waals surface area contributed by atoms with Gasteiger partial charge in [0.05, 0.1) is 31.9 Å². The number of aryl methyl sites for hydroxylation is 1. The van der Waals surface area contributed by atoms with Gasteiger partial charge >= 0.3 is 0 Å². The van der Waals surface area contributed by atoms with Crippen LogP contribution in [0.25, 0.3) is 0 Å². The van der Waals surface area contributed by atoms with Crippen molar-refractivity contribution in [3.05, 3.63) is 57.5 Å². The SMILES string of the molecule is CCNC(=NCC(c1ccc(C)s1)N1CCOCC1)NCC(O)c1ccc(F)cc1.I. The first-order valence-electron chi connectivity index (χ1n) is 10.4. The van der Waals surface area contributed by atoms with Crippen molar-refractivity contribution >= 4 is 41.3 Å². The van der Waals surface area contributed by atoms with Gasteiger partial charge in [0.2, 0.25) is 0 Å². The monoisotopic (exact) mass is 562 g/mol. The fourth-order valence-electron chi connectivity index (χ4n) is 3.42. The number of benzene rings is 1. The molecule has 6 nitrogen and oxygen atoms in total. The zero-order valence-corrected chi connectivity index (χ0v) is 21.2. The molecular formula is C22H32FIN4O2S. The van der Waals surface area contributed by atoms with E-state index in [0.717, 1.165) is 32.8 Å². The number of nitrogens with one attached hydrogen (secondary N) is 2. The summed E-state index contributed by atoms with van der Waals surface area (Å²) in [5, 5.41) is 16.8. The Morgan fingerprint density at radius 1 is 1.19 bits per heavy atom. The highest BCUT2D eigenvalue weighted by Gasteiger charge is 2.24. The number of ether oxygens (including phenoxy) is 1. The molecule has 1 aromatic heterocycles. The number of rotatable bonds is 8. The molecule has 1 aromatic carbocycles. The fourth-order valence-corrected chi connectivity index (χ4v) is 4.43. The predicted octanol–water partition coefficient (Wildman–Crippen LogP) is 3.48. The second-order valence-corrected chi connectivity index (χ2v) is 8.60. The number of aliphatic hydroxyl groups is 1. The van der Waals surface area contributed by atoms with Gasteiger partial charge in [0.25, 0.3) is 0 Å². The van der Waals surface area contributed by atoms with Crippen molar-refractivity contribution in [3.63, 3.8) is 0 Å². The largest absolute Gasteiger partial charge is 0.387 e. The molecule has 1 aliphatic heterocycles. The average molecular weight is 562 g/mol. The van der Waals surface area contributed by atoms with Gasteiger partial charge in [-0.2, -0.15) is 0 Å². The Hall–Kier alpha value is -1.27. The highest BCUT2D eigenvalue weighted by molar-refractivity contribution is 14.0. The van der Waals surface area contributed by atoms with E-state index < -0.39 is 6.10 Å². The number of morpholine rings is 1. The number of hydrogen-bond acceptors (Lipinski definition) is 5. The molecule has 0 bridgehead atoms. The molecule has 2 unspecified atom stereocenters. The maximum absolute atomic E-state index is 13.1. The highest BCUT2D eigenvalue weighted by Crippen LogP contribution is 2.28. The summed E-state index contributed by atoms with van der Waals surface area (Å²) in [6.07, 6.45) is -0.746. The van der Waals surface area contributed by atoms with Crippen molar-refractivity contribution in [2.75, 3.05) is 45.9 Å². The quantitative estimate of drug-likeness (QED) is 0.261. The summed E-state index contributed by atoms with van der Waals surface area (Å²) >= 11 is 1.81. The molecule has 0 spiro atoms. The Morgan fingerprint density at radius 3 is 2.52 bits per heavy atom. The maximum atomic E-state index is 13.1. The standard InChI is InChI=1S/C22H31FN4O2S.HI/c1-3-24-22(26-15-20(28)17-5-7-18(23)8-6-17)25-14-19(21-9-4-16(2)30-21)27-10-12-29-13-11-27;/h4-9,19-20,28H,3,10-15H2,1-2H3,(H2,24,25,26);1H. The third-order valence-electron chi connectivity index (χ3n) is 5.06. The first-order chi connectivity index (χ1) is 14.6. The molecule has 0 aliphatic carbocycles. The van der Waals surface area contributed by atoms with Crippen LogP contribution in [-0.4, -0.2) is 61.9 Å². The van der Waals surface area contributed by atoms with Crippen LogP contribution >= 0.6 is 35.3 Å². The van der Waals surface area contributed by atoms with E-state index in [4.69, 9.17) is 9.73 Å². The lowest BCUT2D eigenvalue weighted by Gasteiger charge is -2.33. The molecular weight excluding hydrogens is 530 g/mol. The van der Waals surface area contributed by atoms with Crippen molar-refractivity contribution < 1.29 is 14.2 Å². The smallest absolute Gasteiger partial charge is 0.191 e. The van der Waals surface area contributed by atoms with Crippen LogP contribution < -0.4 is 10.6 Å². The summed E-state index contributed by atoms with van der Waals surface area (Å²) in [4.78, 5) is 9.82. The molecule has 1 fully saturated rings. The van der Waals surface area contributed by atoms with E-state index in [-0.39, 0.29) is 42.4 Å². The van der Waals surface area contributed by atoms with Gasteiger partial charge in [-0.15, -0.1) is 35.3 Å². The topological polar surface area (TPSA) is 69.1 Å². The summed E-state index contributed by atoms with van der Waals surface area (Å²) in [5.74, 6) is 0.344. The second-order valence-electron chi connectivity index (χ2n) is 7.28. The van der Waals surface area contributed by atoms with Crippen molar-refractivity contribution in [2.45, 2.75) is 26.0 Å². The molecule has 1 aliphatic rings. The Kier molecular flexibility index (Phi) is 11.2. The number of thiophene rings is 1. The van der Waals surface area contributed by atoms with Crippen LogP contribution in [0.4, 0.5) is 4.39 Å². The van der Waals surface area contributed by atoms with Crippen LogP contribution in [0.1, 0.15) is 34.4 Å². The van der Waals surface area contributed by atoms with Crippen molar-refractivity contribution in [1.29, 1.82) is 0 Å². The summed E-state index contributed by atoms with van der Waals surface area (Å²) in [6.45, 7) is 9.03. The number of halogens is 2. The van der Waals surface area contributed by atoms with E-state index in [1.807, 2.05) is 18.3 Å². The zero-order valence-electron chi connectivity index (χ0n) is 18.0. The summed E-state index contributed by atoms with van der Waals surface area (Å²) in [5.41, 5.74) is 0.667. The number of hydrogen-bond donors (Lipinski definition) is 3. The summed E-state index contributed by atoms with van der Waals surface area (Å²) in [6, 6.07) is 10.4. The maximum Gasteiger partial charge on any atom is 0.191 e. The van der Waals surface area contributed by atoms with Crippen molar-refractivity contribution in [2.24, 2.45) is 4.99 Å². The third kappa shape index (κ3) is 7.98. The molecule has 9 heteroatoms. The van der Waals surface area contributed by atoms with E-state index >= 15 is 0 Å². The Morgan fingerprint density at radius 2 is 1.90 bits per heavy atom. The Bertz CT molecular complexity index is 812. The minimum absolute atomic E-state index is 0. The van der Waals surface area contributed by atoms with Crippen LogP contribution in [0.15, 0.2) is 41.4 Å². The lowest BCUT2D eigenvalue weighted by molar-refractivity contribution is 0.0186. The summed E-state index contributed by atoms with van der Waals surface area (Å²) in [7, 11) is 0. The number of guanidine groups is 1. The highest BCUT2D eigenvalue weighted by atomic mass is 127. The minimum Gasteiger partial charge on any atom is -0.387 e. The van der Waals surface area contributed by atoms with Crippen LogP contribution in [0.2, 0.25) is 0 Å². The van der Waals surface area contributed by atoms with Gasteiger partial charge in [0.1, 0.15) is 5.82 Å². The molecule has 172 valence electrons. The molecule has 3 N–H and O–H groups in total. The van der Waals surface area contributed by atoms with E-state index in [1.165, 1.54) is 21.9 Å². The lowest BCUT2D eigenvalue weighted by Crippen LogP contribution is -2.42. The average Bonchev–Trinajstić information content (AvgIpc) is 3.19. The summed E-state index contributed by atoms with van der Waals surface area (Å²) < 4.78 is 18.6. The number of aliphatic hydroxyl groups excluding tert-OH is 1. The second kappa shape index (κ2) is 13.3. The normalized spacial score (nSPS) is 17.0. The van der Waals surface area contributed by atoms with Crippen molar-refractivity contribution in [3.8, 4) is 0 Å². The number of nitrogens with zero attached hydrogens (tertiary/aromatic N) is 2. The van der Waals surface area contributed by atoms with Gasteiger partial charge in [-0.1, -0.05) is 12.1 Å². The van der Waals surface area contributed by atoms with E-state index in [9.17, 15) is 9.50 Å². The van der Waals surface area contributed by atoms with Gasteiger partial charge in [-0.25, -0.2) is 4.39 Å². The van der Waals surface area contributed by atoms with E-state index in [1.54, 1.807) is 12.1 Å². The number of aliphatic imine (C=N–C) groups is 1. The van der Waals surface area contributed by atoms with Crippen LogP contribution in [0, 0.1) is 12.7 Å². The molecule has 31 heavy (non-hydrogen) atoms. The lowest BCUT2D eigenvalue weighted by atomic mass is 10.1. The molecule has 2 heterocycles. The molecule has 2 atom stereocenters. The molecule has 1 saturated heterocycles. The first-order valence-corrected chi connectivity index (χ1v) is 11.2. The first kappa shape index (κ1) is 26.0. The molecule has 0 radical (unpaired) electrons. The van der Waals surface area contributed by atoms with E-state index in [0.29, 0.717) is 18.1 Å². The van der Waals surface area contributed by atoms with Gasteiger partial charge in [0, 0.05) is 35.9 Å². The van der Waals surface area contributed by atoms with Crippen molar-refractivity contribution in [1.82, 2.24) is 15.5 Å². The zero-order chi connectivity index (χ0) is 21.3. The van der Waals surface area contributed by atoms with Crippen LogP contribution in [0.5, 0.6) is 0 Å². The predicted molar refractivity (Wildman–Crippen MR) is 135 cm³/mol. The van der Waals surface area contributed by atoms with Gasteiger partial charge in [-0.05, 0) is 43.7 Å². The van der Waals surface area contributed by atoms with Gasteiger partial charge < -0.3 is 20.5 Å². The van der Waals surface area contributed by atoms with Gasteiger partial charge in [0.15, 0.2) is 5.96 Å². The Balaban J connectivity index is 0.00000341. The van der Waals surface area contributed by atoms with Crippen LogP contribution in [-0.2, 0) is 4.74 Å². The molecule has 2 aromatic rings. The molecule has 0 amide bonds. The van der Waals surface area contributed by atoms with Gasteiger partial charge in [-0.3, -0.25) is 9.89 Å². The molecule has 3 rings (SSSR count). The van der Waals surface area contributed by atoms with Crippen LogP contribution in [0.3, 0.4) is 0 Å². The Labute approximate surface area is 204 Å². The molecule has 0 saturated carbocycles. The van der Waals surface area contributed by atoms with E-state index in [2.05, 4.69) is 34.6 Å².